The van der Waals surface area contributed by atoms with Gasteiger partial charge in [0.25, 0.3) is 5.91 Å². The van der Waals surface area contributed by atoms with Crippen molar-refractivity contribution in [2.75, 3.05) is 26.2 Å². The van der Waals surface area contributed by atoms with Gasteiger partial charge in [-0.2, -0.15) is 0 Å². The first-order valence-corrected chi connectivity index (χ1v) is 8.39. The number of amides is 1. The second kappa shape index (κ2) is 8.16. The maximum Gasteiger partial charge on any atom is 0.275 e. The summed E-state index contributed by atoms with van der Waals surface area (Å²) in [5.74, 6) is 0.0707. The van der Waals surface area contributed by atoms with E-state index < -0.39 is 0 Å². The molecule has 2 N–H and O–H groups in total. The van der Waals surface area contributed by atoms with E-state index in [1.54, 1.807) is 6.07 Å². The van der Waals surface area contributed by atoms with Gasteiger partial charge in [0, 0.05) is 16.6 Å². The van der Waals surface area contributed by atoms with E-state index in [1.807, 2.05) is 12.1 Å². The van der Waals surface area contributed by atoms with Crippen LogP contribution < -0.4 is 10.2 Å². The smallest absolute Gasteiger partial charge is 0.275 e. The predicted octanol–water partition coefficient (Wildman–Crippen LogP) is 1.34. The third-order valence-corrected chi connectivity index (χ3v) is 4.35. The number of quaternary nitrogens is 1. The van der Waals surface area contributed by atoms with Crippen LogP contribution in [0.15, 0.2) is 18.2 Å². The number of hydrogen-bond acceptors (Lipinski definition) is 2. The number of benzene rings is 1. The van der Waals surface area contributed by atoms with Gasteiger partial charge < -0.3 is 15.0 Å². The molecule has 1 aromatic rings. The van der Waals surface area contributed by atoms with Crippen LogP contribution in [0.2, 0.25) is 10.0 Å². The van der Waals surface area contributed by atoms with Crippen LogP contribution in [0.5, 0.6) is 0 Å². The molecule has 1 saturated heterocycles. The lowest BCUT2D eigenvalue weighted by Crippen LogP contribution is -3.16. The molecule has 1 fully saturated rings. The highest BCUT2D eigenvalue weighted by Gasteiger charge is 2.26. The van der Waals surface area contributed by atoms with E-state index in [1.165, 1.54) is 4.90 Å². The highest BCUT2D eigenvalue weighted by Crippen LogP contribution is 2.20. The minimum atomic E-state index is 0.0707. The molecule has 0 unspecified atom stereocenters. The van der Waals surface area contributed by atoms with Crippen molar-refractivity contribution >= 4 is 29.1 Å². The summed E-state index contributed by atoms with van der Waals surface area (Å²) in [4.78, 5) is 13.3. The van der Waals surface area contributed by atoms with Gasteiger partial charge in [0.2, 0.25) is 0 Å². The van der Waals surface area contributed by atoms with E-state index >= 15 is 0 Å². The molecule has 2 rings (SSSR count). The largest absolute Gasteiger partial charge is 0.364 e. The number of nitrogens with one attached hydrogen (secondary N) is 2. The lowest BCUT2D eigenvalue weighted by Gasteiger charge is -2.31. The minimum Gasteiger partial charge on any atom is -0.364 e. The van der Waals surface area contributed by atoms with Crippen LogP contribution in [0.25, 0.3) is 0 Å². The van der Waals surface area contributed by atoms with Crippen LogP contribution >= 0.6 is 23.2 Å². The predicted molar refractivity (Wildman–Crippen MR) is 88.7 cm³/mol. The van der Waals surface area contributed by atoms with Crippen LogP contribution in [-0.2, 0) is 16.0 Å². The summed E-state index contributed by atoms with van der Waals surface area (Å²) in [5.41, 5.74) is 0.993. The third kappa shape index (κ3) is 5.43. The lowest BCUT2D eigenvalue weighted by atomic mass is 10.1. The molecule has 6 heteroatoms. The Bertz CT molecular complexity index is 515. The monoisotopic (exact) mass is 345 g/mol. The Morgan fingerprint density at radius 2 is 2.00 bits per heavy atom. The molecule has 0 aromatic heterocycles. The molecule has 0 bridgehead atoms. The van der Waals surface area contributed by atoms with Crippen molar-refractivity contribution < 1.29 is 14.4 Å². The fourth-order valence-corrected chi connectivity index (χ4v) is 3.39. The van der Waals surface area contributed by atoms with Crippen molar-refractivity contribution in [1.82, 2.24) is 5.32 Å². The van der Waals surface area contributed by atoms with Crippen LogP contribution in [0.3, 0.4) is 0 Å². The summed E-state index contributed by atoms with van der Waals surface area (Å²) >= 11 is 12.0. The van der Waals surface area contributed by atoms with Crippen LogP contribution in [-0.4, -0.2) is 44.3 Å². The number of hydrogen-bond donors (Lipinski definition) is 2. The lowest BCUT2D eigenvalue weighted by molar-refractivity contribution is -0.907. The molecule has 1 heterocycles. The topological polar surface area (TPSA) is 42.8 Å². The summed E-state index contributed by atoms with van der Waals surface area (Å²) in [6.07, 6.45) is 1.12. The van der Waals surface area contributed by atoms with Gasteiger partial charge >= 0.3 is 0 Å². The molecule has 1 amide bonds. The zero-order valence-electron chi connectivity index (χ0n) is 13.0. The molecule has 2 atom stereocenters. The molecule has 0 aliphatic carbocycles. The van der Waals surface area contributed by atoms with Gasteiger partial charge in [0.05, 0.1) is 0 Å². The van der Waals surface area contributed by atoms with Gasteiger partial charge in [0.1, 0.15) is 25.3 Å². The van der Waals surface area contributed by atoms with Crippen molar-refractivity contribution in [3.8, 4) is 0 Å². The number of ether oxygens (including phenoxy) is 1. The Hall–Kier alpha value is -0.810. The maximum absolute atomic E-state index is 12.0. The Morgan fingerprint density at radius 1 is 1.32 bits per heavy atom. The fraction of sp³-hybridized carbons (Fsp3) is 0.562. The van der Waals surface area contributed by atoms with Crippen molar-refractivity contribution in [3.05, 3.63) is 33.8 Å². The first-order chi connectivity index (χ1) is 10.4. The Balaban J connectivity index is 1.73. The van der Waals surface area contributed by atoms with Crippen molar-refractivity contribution in [3.63, 3.8) is 0 Å². The SMILES string of the molecule is C[C@H]1C[NH+](CC(=O)NCCc2ccc(Cl)cc2Cl)C[C@H](C)O1. The number of halogens is 2. The summed E-state index contributed by atoms with van der Waals surface area (Å²) in [5, 5.41) is 4.22. The van der Waals surface area contributed by atoms with Crippen molar-refractivity contribution in [2.24, 2.45) is 0 Å². The number of carbonyl (C=O) groups is 1. The molecule has 122 valence electrons. The standard InChI is InChI=1S/C16H22Cl2N2O2/c1-11-8-20(9-12(2)22-11)10-16(21)19-6-5-13-3-4-14(17)7-15(13)18/h3-4,7,11-12H,5-6,8-10H2,1-2H3,(H,19,21)/p+1/t11-,12-/m0/s1. The fourth-order valence-electron chi connectivity index (χ4n) is 2.88. The van der Waals surface area contributed by atoms with E-state index in [2.05, 4.69) is 19.2 Å². The van der Waals surface area contributed by atoms with Gasteiger partial charge in [0.15, 0.2) is 6.54 Å². The van der Waals surface area contributed by atoms with E-state index in [9.17, 15) is 4.79 Å². The molecule has 22 heavy (non-hydrogen) atoms. The first-order valence-electron chi connectivity index (χ1n) is 7.63. The van der Waals surface area contributed by atoms with E-state index in [-0.39, 0.29) is 18.1 Å². The Labute approximate surface area is 141 Å². The molecule has 1 aliphatic rings. The molecular formula is C16H23Cl2N2O2+. The second-order valence-corrected chi connectivity index (χ2v) is 6.77. The van der Waals surface area contributed by atoms with Crippen molar-refractivity contribution in [2.45, 2.75) is 32.5 Å². The molecular weight excluding hydrogens is 323 g/mol. The van der Waals surface area contributed by atoms with Crippen LogP contribution in [0, 0.1) is 0 Å². The Morgan fingerprint density at radius 3 is 2.64 bits per heavy atom. The first kappa shape index (κ1) is 17.5. The van der Waals surface area contributed by atoms with Gasteiger partial charge in [-0.15, -0.1) is 0 Å². The van der Waals surface area contributed by atoms with Gasteiger partial charge in [-0.25, -0.2) is 0 Å². The van der Waals surface area contributed by atoms with Crippen LogP contribution in [0.1, 0.15) is 19.4 Å². The van der Waals surface area contributed by atoms with Gasteiger partial charge in [-0.3, -0.25) is 4.79 Å². The zero-order chi connectivity index (χ0) is 16.1. The molecule has 0 spiro atoms. The minimum absolute atomic E-state index is 0.0707. The normalized spacial score (nSPS) is 25.0. The van der Waals surface area contributed by atoms with E-state index in [0.717, 1.165) is 18.7 Å². The van der Waals surface area contributed by atoms with Gasteiger partial charge in [-0.1, -0.05) is 29.3 Å². The highest BCUT2D eigenvalue weighted by atomic mass is 35.5. The summed E-state index contributed by atoms with van der Waals surface area (Å²) in [6, 6.07) is 5.43. The highest BCUT2D eigenvalue weighted by molar-refractivity contribution is 6.35. The maximum atomic E-state index is 12.0. The molecule has 1 aromatic carbocycles. The summed E-state index contributed by atoms with van der Waals surface area (Å²) in [6.45, 7) is 6.93. The third-order valence-electron chi connectivity index (χ3n) is 3.76. The summed E-state index contributed by atoms with van der Waals surface area (Å²) in [7, 11) is 0. The summed E-state index contributed by atoms with van der Waals surface area (Å²) < 4.78 is 5.68. The zero-order valence-corrected chi connectivity index (χ0v) is 14.5. The average molecular weight is 346 g/mol. The van der Waals surface area contributed by atoms with E-state index in [4.69, 9.17) is 27.9 Å². The Kier molecular flexibility index (Phi) is 6.50. The van der Waals surface area contributed by atoms with Gasteiger partial charge in [-0.05, 0) is 38.0 Å². The number of carbonyl (C=O) groups excluding carboxylic acids is 1. The van der Waals surface area contributed by atoms with E-state index in [0.29, 0.717) is 29.6 Å². The van der Waals surface area contributed by atoms with Crippen molar-refractivity contribution in [1.29, 1.82) is 0 Å². The second-order valence-electron chi connectivity index (χ2n) is 5.93. The molecule has 0 saturated carbocycles. The molecule has 4 nitrogen and oxygen atoms in total. The number of rotatable bonds is 5. The average Bonchev–Trinajstić information content (AvgIpc) is 2.40. The molecule has 0 radical (unpaired) electrons. The quantitative estimate of drug-likeness (QED) is 0.845. The number of morpholine rings is 1. The molecule has 1 aliphatic heterocycles. The van der Waals surface area contributed by atoms with Crippen LogP contribution in [0.4, 0.5) is 0 Å².